The van der Waals surface area contributed by atoms with E-state index in [0.717, 1.165) is 4.90 Å². The van der Waals surface area contributed by atoms with Crippen LogP contribution in [0.3, 0.4) is 0 Å². The van der Waals surface area contributed by atoms with Crippen molar-refractivity contribution in [3.63, 3.8) is 0 Å². The topological polar surface area (TPSA) is 92.8 Å². The SMILES string of the molecule is COc1ccc2c(c1)S(=O)(=O)C(C(=O)Nc1ccc(Cl)c(Cl)c1)C(=O)N2C. The molecule has 10 heteroatoms. The van der Waals surface area contributed by atoms with Gasteiger partial charge in [-0.05, 0) is 30.3 Å². The number of nitrogens with zero attached hydrogens (tertiary/aromatic N) is 1. The van der Waals surface area contributed by atoms with Crippen LogP contribution in [0.2, 0.25) is 10.0 Å². The summed E-state index contributed by atoms with van der Waals surface area (Å²) >= 11 is 11.7. The molecule has 2 aromatic carbocycles. The van der Waals surface area contributed by atoms with Crippen molar-refractivity contribution in [2.24, 2.45) is 0 Å². The third-order valence-corrected chi connectivity index (χ3v) is 6.84. The summed E-state index contributed by atoms with van der Waals surface area (Å²) in [5.41, 5.74) is 0.399. The second kappa shape index (κ2) is 7.03. The van der Waals surface area contributed by atoms with Crippen LogP contribution in [-0.4, -0.2) is 39.6 Å². The number of fused-ring (bicyclic) bond motifs is 1. The zero-order chi connectivity index (χ0) is 19.9. The van der Waals surface area contributed by atoms with E-state index >= 15 is 0 Å². The average Bonchev–Trinajstić information content (AvgIpc) is 2.62. The largest absolute Gasteiger partial charge is 0.497 e. The van der Waals surface area contributed by atoms with Gasteiger partial charge < -0.3 is 15.0 Å². The van der Waals surface area contributed by atoms with Gasteiger partial charge in [0.25, 0.3) is 11.8 Å². The molecule has 0 radical (unpaired) electrons. The van der Waals surface area contributed by atoms with E-state index in [1.165, 1.54) is 50.6 Å². The van der Waals surface area contributed by atoms with Gasteiger partial charge >= 0.3 is 0 Å². The van der Waals surface area contributed by atoms with Crippen molar-refractivity contribution in [2.45, 2.75) is 10.1 Å². The van der Waals surface area contributed by atoms with Crippen molar-refractivity contribution < 1.29 is 22.7 Å². The van der Waals surface area contributed by atoms with Crippen molar-refractivity contribution in [2.75, 3.05) is 24.4 Å². The van der Waals surface area contributed by atoms with Crippen LogP contribution in [0.5, 0.6) is 5.75 Å². The van der Waals surface area contributed by atoms with Gasteiger partial charge in [-0.2, -0.15) is 0 Å². The van der Waals surface area contributed by atoms with Crippen LogP contribution in [0.4, 0.5) is 11.4 Å². The molecule has 1 heterocycles. The van der Waals surface area contributed by atoms with Crippen molar-refractivity contribution >= 4 is 56.2 Å². The molecule has 1 aliphatic heterocycles. The van der Waals surface area contributed by atoms with Crippen molar-refractivity contribution in [1.82, 2.24) is 0 Å². The Hall–Kier alpha value is -2.29. The number of hydrogen-bond donors (Lipinski definition) is 1. The van der Waals surface area contributed by atoms with Gasteiger partial charge in [0.2, 0.25) is 15.1 Å². The van der Waals surface area contributed by atoms with E-state index in [1.54, 1.807) is 0 Å². The first-order chi connectivity index (χ1) is 12.7. The number of carbonyl (C=O) groups is 2. The molecule has 3 rings (SSSR count). The molecule has 0 spiro atoms. The summed E-state index contributed by atoms with van der Waals surface area (Å²) in [5.74, 6) is -1.55. The predicted octanol–water partition coefficient (Wildman–Crippen LogP) is 2.76. The van der Waals surface area contributed by atoms with E-state index in [1.807, 2.05) is 0 Å². The van der Waals surface area contributed by atoms with Gasteiger partial charge in [-0.3, -0.25) is 9.59 Å². The number of sulfone groups is 1. The van der Waals surface area contributed by atoms with Crippen LogP contribution in [0.25, 0.3) is 0 Å². The molecule has 0 saturated carbocycles. The third kappa shape index (κ3) is 3.36. The molecule has 1 atom stereocenters. The summed E-state index contributed by atoms with van der Waals surface area (Å²) in [4.78, 5) is 26.3. The molecule has 0 aliphatic carbocycles. The van der Waals surface area contributed by atoms with Gasteiger partial charge in [0.15, 0.2) is 0 Å². The second-order valence-electron chi connectivity index (χ2n) is 5.77. The van der Waals surface area contributed by atoms with Crippen molar-refractivity contribution in [3.05, 3.63) is 46.4 Å². The van der Waals surface area contributed by atoms with Gasteiger partial charge in [-0.1, -0.05) is 23.2 Å². The molecule has 0 saturated heterocycles. The zero-order valence-electron chi connectivity index (χ0n) is 14.2. The molecule has 2 aromatic rings. The number of rotatable bonds is 3. The monoisotopic (exact) mass is 428 g/mol. The van der Waals surface area contributed by atoms with Crippen LogP contribution in [-0.2, 0) is 19.4 Å². The second-order valence-corrected chi connectivity index (χ2v) is 8.59. The highest BCUT2D eigenvalue weighted by atomic mass is 35.5. The number of amides is 2. The molecule has 1 N–H and O–H groups in total. The molecular weight excluding hydrogens is 415 g/mol. The minimum atomic E-state index is -4.28. The lowest BCUT2D eigenvalue weighted by molar-refractivity contribution is -0.124. The molecule has 2 amide bonds. The molecular formula is C17H14Cl2N2O5S. The zero-order valence-corrected chi connectivity index (χ0v) is 16.5. The highest BCUT2D eigenvalue weighted by Crippen LogP contribution is 2.36. The Kier molecular flexibility index (Phi) is 5.07. The Morgan fingerprint density at radius 3 is 2.48 bits per heavy atom. The highest BCUT2D eigenvalue weighted by Gasteiger charge is 2.48. The lowest BCUT2D eigenvalue weighted by Crippen LogP contribution is -2.51. The average molecular weight is 429 g/mol. The molecule has 0 fully saturated rings. The Morgan fingerprint density at radius 1 is 1.15 bits per heavy atom. The number of hydrogen-bond acceptors (Lipinski definition) is 5. The van der Waals surface area contributed by atoms with Gasteiger partial charge in [-0.15, -0.1) is 0 Å². The smallest absolute Gasteiger partial charge is 0.255 e. The van der Waals surface area contributed by atoms with Gasteiger partial charge in [0, 0.05) is 18.8 Å². The van der Waals surface area contributed by atoms with Gasteiger partial charge in [-0.25, -0.2) is 8.42 Å². The van der Waals surface area contributed by atoms with Crippen molar-refractivity contribution in [3.8, 4) is 5.75 Å². The van der Waals surface area contributed by atoms with Crippen LogP contribution < -0.4 is 15.0 Å². The minimum Gasteiger partial charge on any atom is -0.497 e. The first-order valence-corrected chi connectivity index (χ1v) is 9.92. The molecule has 1 aliphatic rings. The van der Waals surface area contributed by atoms with E-state index in [-0.39, 0.29) is 26.3 Å². The van der Waals surface area contributed by atoms with Crippen molar-refractivity contribution in [1.29, 1.82) is 0 Å². The standard InChI is InChI=1S/C17H14Cl2N2O5S/c1-21-13-6-4-10(26-2)8-14(13)27(24,25)15(17(21)23)16(22)20-9-3-5-11(18)12(19)7-9/h3-8,15H,1-2H3,(H,20,22). The fourth-order valence-electron chi connectivity index (χ4n) is 2.72. The summed E-state index contributed by atoms with van der Waals surface area (Å²) < 4.78 is 31.0. The Bertz CT molecular complexity index is 1060. The number of benzene rings is 2. The van der Waals surface area contributed by atoms with Crippen LogP contribution >= 0.6 is 23.2 Å². The normalized spacial score (nSPS) is 18.0. The highest BCUT2D eigenvalue weighted by molar-refractivity contribution is 7.94. The Balaban J connectivity index is 2.02. The fraction of sp³-hybridized carbons (Fsp3) is 0.176. The lowest BCUT2D eigenvalue weighted by Gasteiger charge is -2.30. The van der Waals surface area contributed by atoms with E-state index in [9.17, 15) is 18.0 Å². The van der Waals surface area contributed by atoms with Crippen LogP contribution in [0.15, 0.2) is 41.3 Å². The minimum absolute atomic E-state index is 0.154. The molecule has 7 nitrogen and oxygen atoms in total. The number of methoxy groups -OCH3 is 1. The first-order valence-electron chi connectivity index (χ1n) is 7.62. The first kappa shape index (κ1) is 19.5. The van der Waals surface area contributed by atoms with Gasteiger partial charge in [0.05, 0.1) is 27.7 Å². The molecule has 142 valence electrons. The van der Waals surface area contributed by atoms with E-state index in [0.29, 0.717) is 5.75 Å². The predicted molar refractivity (Wildman–Crippen MR) is 102 cm³/mol. The summed E-state index contributed by atoms with van der Waals surface area (Å²) in [6.07, 6.45) is 0. The van der Waals surface area contributed by atoms with Crippen LogP contribution in [0.1, 0.15) is 0 Å². The maximum absolute atomic E-state index is 13.0. The molecule has 1 unspecified atom stereocenters. The summed E-state index contributed by atoms with van der Waals surface area (Å²) in [7, 11) is -1.48. The lowest BCUT2D eigenvalue weighted by atomic mass is 10.2. The molecule has 0 aromatic heterocycles. The maximum atomic E-state index is 13.0. The number of nitrogens with one attached hydrogen (secondary N) is 1. The van der Waals surface area contributed by atoms with E-state index in [2.05, 4.69) is 5.32 Å². The fourth-order valence-corrected chi connectivity index (χ4v) is 4.81. The molecule has 0 bridgehead atoms. The maximum Gasteiger partial charge on any atom is 0.255 e. The number of anilines is 2. The number of halogens is 2. The van der Waals surface area contributed by atoms with E-state index < -0.39 is 26.9 Å². The quantitative estimate of drug-likeness (QED) is 0.758. The number of carbonyl (C=O) groups excluding carboxylic acids is 2. The summed E-state index contributed by atoms with van der Waals surface area (Å²) in [6, 6.07) is 8.54. The van der Waals surface area contributed by atoms with E-state index in [4.69, 9.17) is 27.9 Å². The number of ether oxygens (including phenoxy) is 1. The summed E-state index contributed by atoms with van der Waals surface area (Å²) in [6.45, 7) is 0. The third-order valence-electron chi connectivity index (χ3n) is 4.13. The Morgan fingerprint density at radius 2 is 1.85 bits per heavy atom. The van der Waals surface area contributed by atoms with Gasteiger partial charge in [0.1, 0.15) is 5.75 Å². The summed E-state index contributed by atoms with van der Waals surface area (Å²) in [5, 5.41) is 0.927. The van der Waals surface area contributed by atoms with Crippen LogP contribution in [0, 0.1) is 0 Å². The Labute approximate surface area is 165 Å². The molecule has 27 heavy (non-hydrogen) atoms.